The molecule has 3 nitrogen and oxygen atoms in total. The fourth-order valence-corrected chi connectivity index (χ4v) is 3.67. The smallest absolute Gasteiger partial charge is 0.137 e. The highest BCUT2D eigenvalue weighted by Crippen LogP contribution is 2.37. The Balaban J connectivity index is 1.64. The number of thioether (sulfide) groups is 1. The average Bonchev–Trinajstić information content (AvgIpc) is 2.47. The van der Waals surface area contributed by atoms with Crippen molar-refractivity contribution in [1.29, 1.82) is 0 Å². The van der Waals surface area contributed by atoms with E-state index in [2.05, 4.69) is 5.32 Å². The van der Waals surface area contributed by atoms with Gasteiger partial charge in [0.05, 0.1) is 25.9 Å². The van der Waals surface area contributed by atoms with Crippen LogP contribution < -0.4 is 5.32 Å². The van der Waals surface area contributed by atoms with E-state index in [-0.39, 0.29) is 18.0 Å². The monoisotopic (exact) mass is 283 g/mol. The molecule has 2 atom stereocenters. The van der Waals surface area contributed by atoms with Crippen molar-refractivity contribution in [2.45, 2.75) is 23.5 Å². The molecule has 1 saturated heterocycles. The Labute approximate surface area is 116 Å². The molecule has 2 aliphatic rings. The van der Waals surface area contributed by atoms with Crippen LogP contribution in [0.3, 0.4) is 0 Å². The van der Waals surface area contributed by atoms with E-state index in [1.165, 1.54) is 6.07 Å². The van der Waals surface area contributed by atoms with Crippen LogP contribution in [-0.2, 0) is 9.47 Å². The zero-order valence-electron chi connectivity index (χ0n) is 10.7. The number of rotatable bonds is 3. The van der Waals surface area contributed by atoms with Crippen molar-refractivity contribution < 1.29 is 13.9 Å². The van der Waals surface area contributed by atoms with Crippen LogP contribution in [0.2, 0.25) is 0 Å². The van der Waals surface area contributed by atoms with Gasteiger partial charge >= 0.3 is 0 Å². The molecule has 2 heterocycles. The van der Waals surface area contributed by atoms with Gasteiger partial charge in [0.2, 0.25) is 0 Å². The first-order chi connectivity index (χ1) is 9.34. The standard InChI is InChI=1S/C14H18FNO2S/c15-12-3-1-2-11-13(4-7-19-14(11)12)16-8-10-9-17-5-6-18-10/h1-3,10,13,16H,4-9H2. The molecule has 1 aromatic rings. The topological polar surface area (TPSA) is 30.5 Å². The van der Waals surface area contributed by atoms with Crippen molar-refractivity contribution in [1.82, 2.24) is 5.32 Å². The fourth-order valence-electron chi connectivity index (χ4n) is 2.53. The lowest BCUT2D eigenvalue weighted by Crippen LogP contribution is -2.39. The Bertz CT molecular complexity index is 437. The van der Waals surface area contributed by atoms with Gasteiger partial charge in [0.25, 0.3) is 0 Å². The molecule has 0 saturated carbocycles. The third-order valence-corrected chi connectivity index (χ3v) is 4.66. The summed E-state index contributed by atoms with van der Waals surface area (Å²) in [7, 11) is 0. The maximum absolute atomic E-state index is 13.7. The Morgan fingerprint density at radius 2 is 2.32 bits per heavy atom. The summed E-state index contributed by atoms with van der Waals surface area (Å²) in [6, 6.07) is 5.55. The first-order valence-electron chi connectivity index (χ1n) is 6.68. The average molecular weight is 283 g/mol. The van der Waals surface area contributed by atoms with E-state index in [1.807, 2.05) is 6.07 Å². The maximum atomic E-state index is 13.7. The van der Waals surface area contributed by atoms with Crippen LogP contribution in [0, 0.1) is 5.82 Å². The van der Waals surface area contributed by atoms with Crippen molar-refractivity contribution in [2.75, 3.05) is 32.1 Å². The summed E-state index contributed by atoms with van der Waals surface area (Å²) in [5.74, 6) is 0.847. The number of hydrogen-bond donors (Lipinski definition) is 1. The lowest BCUT2D eigenvalue weighted by molar-refractivity contribution is -0.0871. The predicted octanol–water partition coefficient (Wildman–Crippen LogP) is 2.37. The molecule has 5 heteroatoms. The Hall–Kier alpha value is -0.620. The van der Waals surface area contributed by atoms with Gasteiger partial charge in [-0.2, -0.15) is 0 Å². The number of hydrogen-bond acceptors (Lipinski definition) is 4. The van der Waals surface area contributed by atoms with Gasteiger partial charge in [-0.3, -0.25) is 0 Å². The molecule has 2 unspecified atom stereocenters. The predicted molar refractivity (Wildman–Crippen MR) is 73.0 cm³/mol. The summed E-state index contributed by atoms with van der Waals surface area (Å²) < 4.78 is 24.7. The molecule has 0 radical (unpaired) electrons. The largest absolute Gasteiger partial charge is 0.376 e. The molecule has 1 aromatic carbocycles. The van der Waals surface area contributed by atoms with Crippen molar-refractivity contribution in [3.63, 3.8) is 0 Å². The second-order valence-electron chi connectivity index (χ2n) is 4.82. The molecular formula is C14H18FNO2S. The molecule has 2 aliphatic heterocycles. The van der Waals surface area contributed by atoms with Gasteiger partial charge in [0, 0.05) is 17.5 Å². The van der Waals surface area contributed by atoms with Gasteiger partial charge < -0.3 is 14.8 Å². The van der Waals surface area contributed by atoms with Crippen molar-refractivity contribution in [3.8, 4) is 0 Å². The summed E-state index contributed by atoms with van der Waals surface area (Å²) >= 11 is 1.61. The molecular weight excluding hydrogens is 265 g/mol. The van der Waals surface area contributed by atoms with E-state index in [1.54, 1.807) is 17.8 Å². The van der Waals surface area contributed by atoms with E-state index in [0.29, 0.717) is 19.8 Å². The molecule has 0 aliphatic carbocycles. The van der Waals surface area contributed by atoms with Gasteiger partial charge in [0.15, 0.2) is 0 Å². The maximum Gasteiger partial charge on any atom is 0.137 e. The first-order valence-corrected chi connectivity index (χ1v) is 7.67. The second-order valence-corrected chi connectivity index (χ2v) is 5.93. The SMILES string of the molecule is Fc1cccc2c1SCCC2NCC1COCCO1. The zero-order chi connectivity index (χ0) is 13.1. The minimum Gasteiger partial charge on any atom is -0.376 e. The highest BCUT2D eigenvalue weighted by Gasteiger charge is 2.24. The second kappa shape index (κ2) is 6.22. The number of fused-ring (bicyclic) bond motifs is 1. The summed E-state index contributed by atoms with van der Waals surface area (Å²) in [5, 5.41) is 3.49. The van der Waals surface area contributed by atoms with Crippen LogP contribution in [0.5, 0.6) is 0 Å². The summed E-state index contributed by atoms with van der Waals surface area (Å²) in [6.45, 7) is 2.75. The summed E-state index contributed by atoms with van der Waals surface area (Å²) in [4.78, 5) is 0.798. The summed E-state index contributed by atoms with van der Waals surface area (Å²) in [6.07, 6.45) is 1.13. The minimum absolute atomic E-state index is 0.105. The Morgan fingerprint density at radius 1 is 1.37 bits per heavy atom. The van der Waals surface area contributed by atoms with E-state index < -0.39 is 0 Å². The minimum atomic E-state index is -0.105. The quantitative estimate of drug-likeness (QED) is 0.922. The van der Waals surface area contributed by atoms with Crippen LogP contribution in [0.25, 0.3) is 0 Å². The number of nitrogens with one attached hydrogen (secondary N) is 1. The molecule has 0 amide bonds. The Morgan fingerprint density at radius 3 is 3.16 bits per heavy atom. The highest BCUT2D eigenvalue weighted by molar-refractivity contribution is 7.99. The lowest BCUT2D eigenvalue weighted by Gasteiger charge is -2.29. The van der Waals surface area contributed by atoms with Gasteiger partial charge in [-0.25, -0.2) is 4.39 Å². The van der Waals surface area contributed by atoms with E-state index in [9.17, 15) is 4.39 Å². The first kappa shape index (κ1) is 13.4. The molecule has 0 aromatic heterocycles. The zero-order valence-corrected chi connectivity index (χ0v) is 11.5. The van der Waals surface area contributed by atoms with E-state index >= 15 is 0 Å². The fraction of sp³-hybridized carbons (Fsp3) is 0.571. The van der Waals surface area contributed by atoms with Crippen molar-refractivity contribution in [3.05, 3.63) is 29.6 Å². The van der Waals surface area contributed by atoms with Gasteiger partial charge in [-0.1, -0.05) is 12.1 Å². The number of ether oxygens (including phenoxy) is 2. The number of benzene rings is 1. The Kier molecular flexibility index (Phi) is 4.38. The van der Waals surface area contributed by atoms with Crippen LogP contribution in [0.15, 0.2) is 23.1 Å². The van der Waals surface area contributed by atoms with Gasteiger partial charge in [0.1, 0.15) is 5.82 Å². The molecule has 3 rings (SSSR count). The van der Waals surface area contributed by atoms with Crippen LogP contribution in [-0.4, -0.2) is 38.2 Å². The van der Waals surface area contributed by atoms with E-state index in [4.69, 9.17) is 9.47 Å². The van der Waals surface area contributed by atoms with Crippen molar-refractivity contribution in [2.24, 2.45) is 0 Å². The molecule has 104 valence electrons. The molecule has 0 spiro atoms. The third kappa shape index (κ3) is 3.11. The van der Waals surface area contributed by atoms with Crippen LogP contribution >= 0.6 is 11.8 Å². The number of halogens is 1. The van der Waals surface area contributed by atoms with Gasteiger partial charge in [-0.05, 0) is 23.8 Å². The molecule has 0 bridgehead atoms. The summed E-state index contributed by atoms with van der Waals surface area (Å²) in [5.41, 5.74) is 1.08. The molecule has 19 heavy (non-hydrogen) atoms. The lowest BCUT2D eigenvalue weighted by atomic mass is 10.0. The third-order valence-electron chi connectivity index (χ3n) is 3.50. The molecule has 1 fully saturated rings. The van der Waals surface area contributed by atoms with Crippen LogP contribution in [0.4, 0.5) is 4.39 Å². The van der Waals surface area contributed by atoms with E-state index in [0.717, 1.165) is 29.2 Å². The van der Waals surface area contributed by atoms with Crippen molar-refractivity contribution >= 4 is 11.8 Å². The highest BCUT2D eigenvalue weighted by atomic mass is 32.2. The van der Waals surface area contributed by atoms with Crippen LogP contribution in [0.1, 0.15) is 18.0 Å². The molecule has 1 N–H and O–H groups in total. The van der Waals surface area contributed by atoms with Gasteiger partial charge in [-0.15, -0.1) is 11.8 Å². The normalized spacial score (nSPS) is 27.0.